The lowest BCUT2D eigenvalue weighted by atomic mass is 9.95. The number of carbonyl (C=O) groups excluding carboxylic acids is 1. The van der Waals surface area contributed by atoms with E-state index in [1.807, 2.05) is 36.2 Å². The fraction of sp³-hybridized carbons (Fsp3) is 0.389. The lowest BCUT2D eigenvalue weighted by Gasteiger charge is -2.31. The number of fused-ring (bicyclic) bond motifs is 3. The Labute approximate surface area is 291 Å². The van der Waals surface area contributed by atoms with Gasteiger partial charge < -0.3 is 19.1 Å². The van der Waals surface area contributed by atoms with Crippen molar-refractivity contribution in [3.63, 3.8) is 0 Å². The molecule has 6 heterocycles. The number of aryl methyl sites for hydroxylation is 1. The Bertz CT molecular complexity index is 2140. The molecule has 0 bridgehead atoms. The molecule has 8 rings (SSSR count). The smallest absolute Gasteiger partial charge is 0.319 e. The Morgan fingerprint density at radius 1 is 1.18 bits per heavy atom. The molecule has 2 aromatic carbocycles. The molecular formula is C36H35ClF2N8O3. The minimum atomic E-state index is -0.921. The fourth-order valence-electron chi connectivity index (χ4n) is 7.74. The van der Waals surface area contributed by atoms with E-state index in [0.717, 1.165) is 24.8 Å². The van der Waals surface area contributed by atoms with Gasteiger partial charge in [0.05, 0.1) is 10.9 Å². The van der Waals surface area contributed by atoms with Crippen LogP contribution in [0.4, 0.5) is 14.6 Å². The highest BCUT2D eigenvalue weighted by molar-refractivity contribution is 6.36. The number of likely N-dealkylation sites (tertiary alicyclic amines) is 1. The van der Waals surface area contributed by atoms with Crippen LogP contribution in [0.3, 0.4) is 0 Å². The predicted molar refractivity (Wildman–Crippen MR) is 185 cm³/mol. The van der Waals surface area contributed by atoms with E-state index in [0.29, 0.717) is 65.5 Å². The highest BCUT2D eigenvalue weighted by Crippen LogP contribution is 2.41. The van der Waals surface area contributed by atoms with Crippen molar-refractivity contribution in [2.45, 2.75) is 50.4 Å². The summed E-state index contributed by atoms with van der Waals surface area (Å²) in [6.07, 6.45) is 6.37. The first-order valence-corrected chi connectivity index (χ1v) is 17.1. The quantitative estimate of drug-likeness (QED) is 0.178. The summed E-state index contributed by atoms with van der Waals surface area (Å²) in [5.74, 6) is 0.331. The molecule has 3 aromatic heterocycles. The van der Waals surface area contributed by atoms with E-state index in [1.165, 1.54) is 12.2 Å². The van der Waals surface area contributed by atoms with E-state index in [-0.39, 0.29) is 41.7 Å². The summed E-state index contributed by atoms with van der Waals surface area (Å²) in [5, 5.41) is 6.17. The standard InChI is InChI=1S/C36H35ClF2N8O3/c1-21-41-28(50-44-21)10-11-29(48)46-15-12-24(19-46)45(2)34-26-17-40-32(25-8-3-6-22-7-4-9-27(37)30(22)25)31(39)33(26)42-35(43-34)49-20-36-13-5-14-47(36)18-23(38)16-36/h3-4,6-11,17,23-24H,5,12-16,18-20H2,1-2H3/b11-10+/t23-,24-,36+/m1/s1. The van der Waals surface area contributed by atoms with Crippen LogP contribution in [0, 0.1) is 12.7 Å². The molecule has 0 aliphatic carbocycles. The zero-order chi connectivity index (χ0) is 34.6. The number of rotatable bonds is 8. The summed E-state index contributed by atoms with van der Waals surface area (Å²) in [5.41, 5.74) is 0.250. The number of pyridine rings is 1. The molecule has 3 fully saturated rings. The normalized spacial score (nSPS) is 22.3. The van der Waals surface area contributed by atoms with E-state index >= 15 is 4.39 Å². The summed E-state index contributed by atoms with van der Waals surface area (Å²) in [6.45, 7) is 4.01. The average molecular weight is 701 g/mol. The van der Waals surface area contributed by atoms with Crippen LogP contribution >= 0.6 is 11.6 Å². The van der Waals surface area contributed by atoms with Crippen molar-refractivity contribution in [2.24, 2.45) is 0 Å². The van der Waals surface area contributed by atoms with Gasteiger partial charge in [0, 0.05) is 73.5 Å². The van der Waals surface area contributed by atoms with Crippen molar-refractivity contribution in [2.75, 3.05) is 44.7 Å². The zero-order valence-electron chi connectivity index (χ0n) is 27.7. The second kappa shape index (κ2) is 12.9. The maximum atomic E-state index is 16.8. The van der Waals surface area contributed by atoms with Crippen LogP contribution in [0.25, 0.3) is 39.0 Å². The summed E-state index contributed by atoms with van der Waals surface area (Å²) < 4.78 is 42.7. The number of carbonyl (C=O) groups is 1. The van der Waals surface area contributed by atoms with Gasteiger partial charge in [-0.15, -0.1) is 0 Å². The average Bonchev–Trinajstić information content (AvgIpc) is 3.91. The molecule has 3 saturated heterocycles. The van der Waals surface area contributed by atoms with Crippen LogP contribution in [0.5, 0.6) is 6.01 Å². The van der Waals surface area contributed by atoms with Gasteiger partial charge in [-0.1, -0.05) is 47.1 Å². The summed E-state index contributed by atoms with van der Waals surface area (Å²) in [4.78, 5) is 37.0. The van der Waals surface area contributed by atoms with Gasteiger partial charge >= 0.3 is 6.01 Å². The SMILES string of the molecule is Cc1noc(/C=C/C(=O)N2CC[C@@H](N(C)c3nc(OC[C@@]45CCCN4C[C@H](F)C5)nc4c(F)c(-c5cccc6cccc(Cl)c56)ncc34)C2)n1. The van der Waals surface area contributed by atoms with Gasteiger partial charge in [0.2, 0.25) is 5.91 Å². The number of alkyl halides is 1. The van der Waals surface area contributed by atoms with Crippen molar-refractivity contribution in [3.8, 4) is 17.3 Å². The van der Waals surface area contributed by atoms with Crippen LogP contribution in [-0.2, 0) is 4.79 Å². The number of hydrogen-bond donors (Lipinski definition) is 0. The molecule has 11 nitrogen and oxygen atoms in total. The first-order valence-electron chi connectivity index (χ1n) is 16.7. The van der Waals surface area contributed by atoms with Gasteiger partial charge in [0.25, 0.3) is 5.89 Å². The van der Waals surface area contributed by atoms with Crippen LogP contribution in [-0.4, -0.2) is 98.4 Å². The molecule has 14 heteroatoms. The Morgan fingerprint density at radius 3 is 2.84 bits per heavy atom. The van der Waals surface area contributed by atoms with Gasteiger partial charge in [-0.05, 0) is 44.2 Å². The lowest BCUT2D eigenvalue weighted by Crippen LogP contribution is -2.43. The number of anilines is 1. The number of nitrogens with zero attached hydrogens (tertiary/aromatic N) is 8. The summed E-state index contributed by atoms with van der Waals surface area (Å²) in [7, 11) is 1.86. The molecular weight excluding hydrogens is 666 g/mol. The molecule has 258 valence electrons. The highest BCUT2D eigenvalue weighted by atomic mass is 35.5. The van der Waals surface area contributed by atoms with Crippen LogP contribution in [0.15, 0.2) is 53.2 Å². The van der Waals surface area contributed by atoms with Crippen molar-refractivity contribution >= 4 is 51.1 Å². The number of ether oxygens (including phenoxy) is 1. The van der Waals surface area contributed by atoms with Crippen molar-refractivity contribution in [3.05, 3.63) is 71.2 Å². The molecule has 0 unspecified atom stereocenters. The highest BCUT2D eigenvalue weighted by Gasteiger charge is 2.49. The minimum absolute atomic E-state index is 0.00130. The Morgan fingerprint density at radius 2 is 2.02 bits per heavy atom. The van der Waals surface area contributed by atoms with Gasteiger partial charge in [-0.25, -0.2) is 8.78 Å². The minimum Gasteiger partial charge on any atom is -0.461 e. The lowest BCUT2D eigenvalue weighted by molar-refractivity contribution is -0.124. The van der Waals surface area contributed by atoms with Crippen LogP contribution < -0.4 is 9.64 Å². The molecule has 3 atom stereocenters. The van der Waals surface area contributed by atoms with Gasteiger partial charge in [0.1, 0.15) is 29.8 Å². The van der Waals surface area contributed by atoms with E-state index in [2.05, 4.69) is 25.0 Å². The third-order valence-corrected chi connectivity index (χ3v) is 10.6. The van der Waals surface area contributed by atoms with Gasteiger partial charge in [-0.2, -0.15) is 15.0 Å². The van der Waals surface area contributed by atoms with Gasteiger partial charge in [-0.3, -0.25) is 14.7 Å². The summed E-state index contributed by atoms with van der Waals surface area (Å²) in [6, 6.07) is 10.9. The Kier molecular flexibility index (Phi) is 8.34. The summed E-state index contributed by atoms with van der Waals surface area (Å²) >= 11 is 6.61. The molecule has 3 aliphatic rings. The van der Waals surface area contributed by atoms with E-state index in [1.54, 1.807) is 30.2 Å². The molecule has 0 N–H and O–H groups in total. The monoisotopic (exact) mass is 700 g/mol. The van der Waals surface area contributed by atoms with Crippen molar-refractivity contribution in [1.82, 2.24) is 34.9 Å². The molecule has 3 aliphatic heterocycles. The zero-order valence-corrected chi connectivity index (χ0v) is 28.4. The molecule has 50 heavy (non-hydrogen) atoms. The Hall–Kier alpha value is -4.75. The van der Waals surface area contributed by atoms with E-state index in [9.17, 15) is 9.18 Å². The number of halogens is 3. The molecule has 0 spiro atoms. The number of likely N-dealkylation sites (N-methyl/N-ethyl adjacent to an activating group) is 1. The predicted octanol–water partition coefficient (Wildman–Crippen LogP) is 6.03. The van der Waals surface area contributed by atoms with Crippen molar-refractivity contribution in [1.29, 1.82) is 0 Å². The fourth-order valence-corrected chi connectivity index (χ4v) is 8.03. The Balaban J connectivity index is 1.15. The topological polar surface area (TPSA) is 114 Å². The molecule has 0 radical (unpaired) electrons. The van der Waals surface area contributed by atoms with Crippen molar-refractivity contribution < 1.29 is 22.8 Å². The number of amides is 1. The maximum Gasteiger partial charge on any atom is 0.319 e. The first kappa shape index (κ1) is 32.5. The van der Waals surface area contributed by atoms with E-state index in [4.69, 9.17) is 25.8 Å². The largest absolute Gasteiger partial charge is 0.461 e. The maximum absolute atomic E-state index is 16.8. The molecule has 1 amide bonds. The van der Waals surface area contributed by atoms with Crippen LogP contribution in [0.1, 0.15) is 37.4 Å². The van der Waals surface area contributed by atoms with E-state index < -0.39 is 17.5 Å². The second-order valence-corrected chi connectivity index (χ2v) is 13.8. The number of benzene rings is 2. The molecule has 0 saturated carbocycles. The molecule has 5 aromatic rings. The third-order valence-electron chi connectivity index (χ3n) is 10.3. The second-order valence-electron chi connectivity index (χ2n) is 13.4. The van der Waals surface area contributed by atoms with Gasteiger partial charge in [0.15, 0.2) is 11.6 Å². The first-order chi connectivity index (χ1) is 24.2. The third kappa shape index (κ3) is 5.81. The number of hydrogen-bond acceptors (Lipinski definition) is 10. The number of aromatic nitrogens is 5. The van der Waals surface area contributed by atoms with Crippen LogP contribution in [0.2, 0.25) is 5.02 Å².